The Kier molecular flexibility index (Phi) is 23.9. The van der Waals surface area contributed by atoms with Gasteiger partial charge in [-0.05, 0) is 25.7 Å². The molecule has 0 unspecified atom stereocenters. The monoisotopic (exact) mass is 387 g/mol. The molecule has 0 fully saturated rings. The summed E-state index contributed by atoms with van der Waals surface area (Å²) >= 11 is 0. The van der Waals surface area contributed by atoms with Gasteiger partial charge in [-0.1, -0.05) is 90.9 Å². The quantitative estimate of drug-likeness (QED) is 0.204. The summed E-state index contributed by atoms with van der Waals surface area (Å²) in [5.41, 5.74) is 0. The Labute approximate surface area is 171 Å². The lowest BCUT2D eigenvalue weighted by Gasteiger charge is -2.30. The van der Waals surface area contributed by atoms with Gasteiger partial charge >= 0.3 is 7.32 Å². The highest BCUT2D eigenvalue weighted by Gasteiger charge is 2.13. The average molecular weight is 387 g/mol. The Morgan fingerprint density at radius 2 is 0.778 bits per heavy atom. The van der Waals surface area contributed by atoms with E-state index in [1.54, 1.807) is 0 Å². The van der Waals surface area contributed by atoms with Gasteiger partial charge in [-0.15, -0.1) is 0 Å². The lowest BCUT2D eigenvalue weighted by atomic mass is 10.1. The predicted octanol–water partition coefficient (Wildman–Crippen LogP) is 4.66. The van der Waals surface area contributed by atoms with Gasteiger partial charge in [0.1, 0.15) is 0 Å². The van der Waals surface area contributed by atoms with Crippen molar-refractivity contribution < 1.29 is 19.6 Å². The molecule has 0 aliphatic rings. The van der Waals surface area contributed by atoms with Crippen molar-refractivity contribution in [1.82, 2.24) is 0 Å². The maximum Gasteiger partial charge on any atom is 0.339 e. The van der Waals surface area contributed by atoms with Gasteiger partial charge in [0.05, 0.1) is 27.2 Å². The molecule has 5 heteroatoms. The van der Waals surface area contributed by atoms with Crippen LogP contribution in [0.5, 0.6) is 0 Å². The zero-order chi connectivity index (χ0) is 20.8. The first-order chi connectivity index (χ1) is 12.9. The fraction of sp³-hybridized carbons (Fsp3) is 1.00. The summed E-state index contributed by atoms with van der Waals surface area (Å²) in [6.07, 6.45) is 23.0. The molecule has 164 valence electrons. The SMILES string of the molecule is CCCCCCCCCC[N+](C)(C)CCCCCCCCCC.[O-]B(O)O. The molecule has 0 atom stereocenters. The van der Waals surface area contributed by atoms with E-state index < -0.39 is 7.32 Å². The molecular weight excluding hydrogens is 337 g/mol. The summed E-state index contributed by atoms with van der Waals surface area (Å²) in [5.74, 6) is 0. The summed E-state index contributed by atoms with van der Waals surface area (Å²) in [4.78, 5) is 0. The molecule has 0 aliphatic carbocycles. The van der Waals surface area contributed by atoms with Crippen molar-refractivity contribution in [3.63, 3.8) is 0 Å². The van der Waals surface area contributed by atoms with Crippen molar-refractivity contribution in [3.8, 4) is 0 Å². The van der Waals surface area contributed by atoms with E-state index in [0.717, 1.165) is 0 Å². The smallest absolute Gasteiger partial charge is 0.339 e. The fourth-order valence-corrected chi connectivity index (χ4v) is 3.46. The zero-order valence-electron chi connectivity index (χ0n) is 19.1. The van der Waals surface area contributed by atoms with E-state index in [0.29, 0.717) is 0 Å². The van der Waals surface area contributed by atoms with Crippen molar-refractivity contribution in [2.45, 2.75) is 117 Å². The second-order valence-corrected chi connectivity index (χ2v) is 8.66. The normalized spacial score (nSPS) is 11.2. The molecule has 0 saturated carbocycles. The minimum absolute atomic E-state index is 1.24. The molecule has 0 aliphatic heterocycles. The lowest BCUT2D eigenvalue weighted by molar-refractivity contribution is -0.890. The van der Waals surface area contributed by atoms with Gasteiger partial charge in [-0.3, -0.25) is 0 Å². The van der Waals surface area contributed by atoms with Crippen molar-refractivity contribution in [2.75, 3.05) is 27.2 Å². The molecule has 0 spiro atoms. The third-order valence-corrected chi connectivity index (χ3v) is 5.23. The summed E-state index contributed by atoms with van der Waals surface area (Å²) < 4.78 is 1.24. The Bertz CT molecular complexity index is 252. The zero-order valence-corrected chi connectivity index (χ0v) is 19.1. The van der Waals surface area contributed by atoms with Crippen molar-refractivity contribution >= 4 is 7.32 Å². The maximum absolute atomic E-state index is 8.64. The molecule has 0 rings (SSSR count). The first-order valence-corrected chi connectivity index (χ1v) is 11.7. The third-order valence-electron chi connectivity index (χ3n) is 5.23. The van der Waals surface area contributed by atoms with Crippen LogP contribution in [0.15, 0.2) is 0 Å². The number of unbranched alkanes of at least 4 members (excludes halogenated alkanes) is 14. The van der Waals surface area contributed by atoms with Crippen LogP contribution in [0.4, 0.5) is 0 Å². The molecule has 2 N–H and O–H groups in total. The molecule has 0 aromatic rings. The second-order valence-electron chi connectivity index (χ2n) is 8.66. The molecule has 0 aromatic heterocycles. The minimum atomic E-state index is -2.42. The van der Waals surface area contributed by atoms with Gasteiger partial charge in [-0.2, -0.15) is 0 Å². The van der Waals surface area contributed by atoms with Crippen LogP contribution >= 0.6 is 0 Å². The van der Waals surface area contributed by atoms with E-state index in [9.17, 15) is 0 Å². The maximum atomic E-state index is 8.64. The molecule has 0 saturated heterocycles. The summed E-state index contributed by atoms with van der Waals surface area (Å²) in [5, 5.41) is 22.8. The summed E-state index contributed by atoms with van der Waals surface area (Å²) in [7, 11) is 2.45. The Balaban J connectivity index is 0. The highest BCUT2D eigenvalue weighted by molar-refractivity contribution is 6.28. The summed E-state index contributed by atoms with van der Waals surface area (Å²) in [6.45, 7) is 7.36. The number of quaternary nitrogens is 1. The van der Waals surface area contributed by atoms with E-state index in [-0.39, 0.29) is 0 Å². The minimum Gasteiger partial charge on any atom is -0.832 e. The molecule has 0 radical (unpaired) electrons. The van der Waals surface area contributed by atoms with Crippen molar-refractivity contribution in [3.05, 3.63) is 0 Å². The number of nitrogens with zero attached hydrogens (tertiary/aromatic N) is 1. The Morgan fingerprint density at radius 3 is 1.04 bits per heavy atom. The molecule has 0 aromatic carbocycles. The van der Waals surface area contributed by atoms with Crippen LogP contribution in [0.1, 0.15) is 117 Å². The van der Waals surface area contributed by atoms with Gasteiger partial charge in [-0.25, -0.2) is 0 Å². The standard InChI is InChI=1S/C22H48N.BH2O3/c1-5-7-9-11-13-15-17-19-21-23(3,4)22-20-18-16-14-12-10-8-6-2;2-1(3)4/h5-22H2,1-4H3;2-3H/q+1;-1. The van der Waals surface area contributed by atoms with Crippen LogP contribution in [0.2, 0.25) is 0 Å². The number of rotatable bonds is 18. The van der Waals surface area contributed by atoms with Gasteiger partial charge in [0.2, 0.25) is 0 Å². The predicted molar refractivity (Wildman–Crippen MR) is 117 cm³/mol. The van der Waals surface area contributed by atoms with Crippen LogP contribution in [0.25, 0.3) is 0 Å². The summed E-state index contributed by atoms with van der Waals surface area (Å²) in [6, 6.07) is 0. The van der Waals surface area contributed by atoms with Crippen molar-refractivity contribution in [1.29, 1.82) is 0 Å². The van der Waals surface area contributed by atoms with Crippen LogP contribution in [-0.2, 0) is 0 Å². The van der Waals surface area contributed by atoms with E-state index in [1.165, 1.54) is 120 Å². The number of hydrogen-bond acceptors (Lipinski definition) is 3. The molecule has 4 nitrogen and oxygen atoms in total. The van der Waals surface area contributed by atoms with Crippen molar-refractivity contribution in [2.24, 2.45) is 0 Å². The van der Waals surface area contributed by atoms with Crippen LogP contribution in [0, 0.1) is 0 Å². The van der Waals surface area contributed by atoms with Gasteiger partial charge in [0.25, 0.3) is 0 Å². The van der Waals surface area contributed by atoms with Gasteiger partial charge in [0, 0.05) is 0 Å². The first kappa shape index (κ1) is 29.1. The van der Waals surface area contributed by atoms with Crippen LogP contribution < -0.4 is 5.02 Å². The average Bonchev–Trinajstić information content (AvgIpc) is 2.59. The Morgan fingerprint density at radius 1 is 0.556 bits per heavy atom. The van der Waals surface area contributed by atoms with Crippen LogP contribution in [0.3, 0.4) is 0 Å². The van der Waals surface area contributed by atoms with E-state index >= 15 is 0 Å². The highest BCUT2D eigenvalue weighted by Crippen LogP contribution is 2.13. The topological polar surface area (TPSA) is 63.5 Å². The molecule has 0 bridgehead atoms. The highest BCUT2D eigenvalue weighted by atomic mass is 16.5. The first-order valence-electron chi connectivity index (χ1n) is 11.7. The van der Waals surface area contributed by atoms with Crippen LogP contribution in [-0.4, -0.2) is 49.0 Å². The van der Waals surface area contributed by atoms with E-state index in [1.807, 2.05) is 0 Å². The number of hydrogen-bond donors (Lipinski definition) is 2. The van der Waals surface area contributed by atoms with E-state index in [2.05, 4.69) is 27.9 Å². The molecule has 27 heavy (non-hydrogen) atoms. The fourth-order valence-electron chi connectivity index (χ4n) is 3.46. The second kappa shape index (κ2) is 22.2. The third kappa shape index (κ3) is 30.9. The molecule has 0 amide bonds. The van der Waals surface area contributed by atoms with Gasteiger partial charge < -0.3 is 19.6 Å². The largest absolute Gasteiger partial charge is 0.832 e. The van der Waals surface area contributed by atoms with Gasteiger partial charge in [0.15, 0.2) is 0 Å². The molecular formula is C22H50BNO3. The van der Waals surface area contributed by atoms with E-state index in [4.69, 9.17) is 15.1 Å². The lowest BCUT2D eigenvalue weighted by Crippen LogP contribution is -2.41. The Hall–Kier alpha value is -0.0951. The molecule has 0 heterocycles.